The Kier molecular flexibility index (Phi) is 9.19. The second-order valence-electron chi connectivity index (χ2n) is 10.4. The van der Waals surface area contributed by atoms with E-state index in [-0.39, 0.29) is 45.3 Å². The molecule has 0 aliphatic carbocycles. The average Bonchev–Trinajstić information content (AvgIpc) is 3.41. The fourth-order valence-corrected chi connectivity index (χ4v) is 6.41. The number of aliphatic carboxylic acids is 1. The highest BCUT2D eigenvalue weighted by atomic mass is 32.2. The van der Waals surface area contributed by atoms with E-state index in [4.69, 9.17) is 14.6 Å². The third-order valence-electron chi connectivity index (χ3n) is 7.58. The number of carboxylic acid groups (broad SMARTS) is 1. The molecule has 1 N–H and O–H groups in total. The summed E-state index contributed by atoms with van der Waals surface area (Å²) in [5.41, 5.74) is 3.67. The molecule has 1 heterocycles. The van der Waals surface area contributed by atoms with Gasteiger partial charge in [0, 0.05) is 35.6 Å². The van der Waals surface area contributed by atoms with E-state index in [1.54, 1.807) is 43.3 Å². The molecule has 0 spiro atoms. The van der Waals surface area contributed by atoms with E-state index in [0.29, 0.717) is 24.3 Å². The maximum absolute atomic E-state index is 14.9. The largest absolute Gasteiger partial charge is 0.481 e. The first kappa shape index (κ1) is 31.6. The van der Waals surface area contributed by atoms with Gasteiger partial charge in [-0.05, 0) is 78.1 Å². The van der Waals surface area contributed by atoms with Crippen molar-refractivity contribution < 1.29 is 41.0 Å². The molecule has 0 aromatic heterocycles. The minimum Gasteiger partial charge on any atom is -0.481 e. The lowest BCUT2D eigenvalue weighted by atomic mass is 10.0. The molecule has 4 aromatic carbocycles. The number of halogens is 3. The predicted octanol–water partition coefficient (Wildman–Crippen LogP) is 7.65. The molecular weight excluding hydrogens is 607 g/mol. The highest BCUT2D eigenvalue weighted by Crippen LogP contribution is 2.41. The lowest BCUT2D eigenvalue weighted by Crippen LogP contribution is -2.12. The summed E-state index contributed by atoms with van der Waals surface area (Å²) < 4.78 is 77.4. The van der Waals surface area contributed by atoms with Crippen molar-refractivity contribution in [2.45, 2.75) is 38.2 Å². The molecule has 0 fully saturated rings. The van der Waals surface area contributed by atoms with Crippen LogP contribution in [0.5, 0.6) is 17.2 Å². The first-order valence-corrected chi connectivity index (χ1v) is 15.8. The van der Waals surface area contributed by atoms with E-state index in [9.17, 15) is 26.4 Å². The molecule has 234 valence electrons. The van der Waals surface area contributed by atoms with Crippen molar-refractivity contribution in [3.05, 3.63) is 107 Å². The van der Waals surface area contributed by atoms with Crippen LogP contribution in [0.2, 0.25) is 0 Å². The lowest BCUT2D eigenvalue weighted by molar-refractivity contribution is -0.136. The van der Waals surface area contributed by atoms with Gasteiger partial charge in [-0.1, -0.05) is 37.3 Å². The molecule has 7 nitrogen and oxygen atoms in total. The Balaban J connectivity index is 1.40. The van der Waals surface area contributed by atoms with Crippen LogP contribution < -0.4 is 14.4 Å². The molecule has 0 saturated carbocycles. The molecule has 0 saturated heterocycles. The van der Waals surface area contributed by atoms with Crippen LogP contribution >= 0.6 is 0 Å². The van der Waals surface area contributed by atoms with Gasteiger partial charge in [-0.2, -0.15) is 8.78 Å². The number of fused-ring (bicyclic) bond motifs is 1. The third kappa shape index (κ3) is 6.99. The summed E-state index contributed by atoms with van der Waals surface area (Å²) in [6, 6.07) is 18.5. The second-order valence-corrected chi connectivity index (χ2v) is 12.7. The predicted molar refractivity (Wildman–Crippen MR) is 165 cm³/mol. The van der Waals surface area contributed by atoms with Crippen molar-refractivity contribution in [3.8, 4) is 28.4 Å². The number of alkyl halides is 2. The monoisotopic (exact) mass is 637 g/mol. The van der Waals surface area contributed by atoms with Crippen molar-refractivity contribution in [1.29, 1.82) is 0 Å². The maximum atomic E-state index is 14.9. The van der Waals surface area contributed by atoms with E-state index in [1.165, 1.54) is 30.3 Å². The topological polar surface area (TPSA) is 93.1 Å². The molecule has 0 radical (unpaired) electrons. The van der Waals surface area contributed by atoms with Crippen LogP contribution in [0, 0.1) is 12.7 Å². The Labute approximate surface area is 259 Å². The number of benzene rings is 4. The Morgan fingerprint density at radius 1 is 1.02 bits per heavy atom. The molecule has 5 rings (SSSR count). The molecule has 45 heavy (non-hydrogen) atoms. The fourth-order valence-electron chi connectivity index (χ4n) is 5.32. The van der Waals surface area contributed by atoms with Gasteiger partial charge in [-0.3, -0.25) is 4.79 Å². The van der Waals surface area contributed by atoms with Crippen LogP contribution in [0.15, 0.2) is 83.9 Å². The smallest absolute Gasteiger partial charge is 0.387 e. The Hall–Kier alpha value is -4.77. The van der Waals surface area contributed by atoms with Crippen molar-refractivity contribution >= 4 is 27.6 Å². The number of ether oxygens (including phenoxy) is 2. The van der Waals surface area contributed by atoms with Crippen LogP contribution in [0.25, 0.3) is 17.2 Å². The maximum Gasteiger partial charge on any atom is 0.387 e. The number of carbonyl (C=O) groups is 1. The Morgan fingerprint density at radius 2 is 1.78 bits per heavy atom. The van der Waals surface area contributed by atoms with Crippen LogP contribution in [-0.2, 0) is 27.5 Å². The van der Waals surface area contributed by atoms with Crippen LogP contribution in [0.3, 0.4) is 0 Å². The fraction of sp³-hybridized carbons (Fsp3) is 0.206. The lowest BCUT2D eigenvalue weighted by Gasteiger charge is -2.18. The van der Waals surface area contributed by atoms with Crippen LogP contribution in [0.1, 0.15) is 29.2 Å². The van der Waals surface area contributed by atoms with Crippen LogP contribution in [0.4, 0.5) is 18.9 Å². The van der Waals surface area contributed by atoms with E-state index in [1.807, 2.05) is 24.1 Å². The van der Waals surface area contributed by atoms with E-state index >= 15 is 0 Å². The van der Waals surface area contributed by atoms with Crippen molar-refractivity contribution in [3.63, 3.8) is 0 Å². The van der Waals surface area contributed by atoms with Crippen molar-refractivity contribution in [1.82, 2.24) is 0 Å². The van der Waals surface area contributed by atoms with Gasteiger partial charge in [0.2, 0.25) is 0 Å². The summed E-state index contributed by atoms with van der Waals surface area (Å²) in [6.45, 7) is 0.989. The molecule has 0 amide bonds. The average molecular weight is 638 g/mol. The summed E-state index contributed by atoms with van der Waals surface area (Å²) in [6.07, 6.45) is 3.96. The normalized spacial score (nSPS) is 13.0. The van der Waals surface area contributed by atoms with Gasteiger partial charge in [0.1, 0.15) is 23.1 Å². The summed E-state index contributed by atoms with van der Waals surface area (Å²) in [4.78, 5) is 13.3. The minimum atomic E-state index is -3.39. The zero-order valence-corrected chi connectivity index (χ0v) is 25.3. The summed E-state index contributed by atoms with van der Waals surface area (Å²) in [5, 5.41) is 8.97. The number of rotatable bonds is 11. The van der Waals surface area contributed by atoms with E-state index in [2.05, 4.69) is 0 Å². The number of sulfone groups is 1. The van der Waals surface area contributed by atoms with Gasteiger partial charge < -0.3 is 19.5 Å². The third-order valence-corrected chi connectivity index (χ3v) is 9.38. The second kappa shape index (κ2) is 13.1. The molecule has 4 aromatic rings. The summed E-state index contributed by atoms with van der Waals surface area (Å²) in [7, 11) is -3.39. The molecular formula is C34H30F3NO6S. The zero-order valence-electron chi connectivity index (χ0n) is 24.5. The summed E-state index contributed by atoms with van der Waals surface area (Å²) >= 11 is 0. The minimum absolute atomic E-state index is 0.00341. The van der Waals surface area contributed by atoms with Gasteiger partial charge in [-0.25, -0.2) is 12.8 Å². The van der Waals surface area contributed by atoms with Gasteiger partial charge in [0.25, 0.3) is 0 Å². The first-order valence-electron chi connectivity index (χ1n) is 14.1. The Morgan fingerprint density at radius 3 is 2.49 bits per heavy atom. The van der Waals surface area contributed by atoms with Gasteiger partial charge >= 0.3 is 12.6 Å². The van der Waals surface area contributed by atoms with Gasteiger partial charge in [0.15, 0.2) is 9.84 Å². The Bertz CT molecular complexity index is 1890. The van der Waals surface area contributed by atoms with E-state index < -0.39 is 28.2 Å². The SMILES string of the molecule is CCS(=O)(=O)c1ccccc1C=CN1CCc2c1ccc(Oc1ccc(-c3ccc(CC(=O)O)cc3F)c(OC(F)F)c1)c2C. The molecule has 0 atom stereocenters. The number of hydrogen-bond acceptors (Lipinski definition) is 6. The van der Waals surface area contributed by atoms with Gasteiger partial charge in [-0.15, -0.1) is 0 Å². The summed E-state index contributed by atoms with van der Waals surface area (Å²) in [5.74, 6) is -1.49. The quantitative estimate of drug-likeness (QED) is 0.181. The highest BCUT2D eigenvalue weighted by Gasteiger charge is 2.23. The van der Waals surface area contributed by atoms with Crippen LogP contribution in [-0.4, -0.2) is 38.4 Å². The number of carboxylic acids is 1. The highest BCUT2D eigenvalue weighted by molar-refractivity contribution is 7.91. The number of nitrogens with zero attached hydrogens (tertiary/aromatic N) is 1. The zero-order chi connectivity index (χ0) is 32.3. The molecule has 11 heteroatoms. The standard InChI is InChI=1S/C34H30F3NO6S/c1-3-45(41,42)32-7-5-4-6-23(32)14-16-38-17-15-25-21(2)30(13-12-29(25)38)43-24-9-11-27(31(20-24)44-34(36)37)26-10-8-22(18-28(26)35)19-33(39)40/h4-14,16,18,20,34H,3,15,17,19H2,1-2H3,(H,39,40). The molecule has 0 bridgehead atoms. The molecule has 1 aliphatic rings. The van der Waals surface area contributed by atoms with Gasteiger partial charge in [0.05, 0.1) is 17.1 Å². The van der Waals surface area contributed by atoms with E-state index in [0.717, 1.165) is 22.9 Å². The first-order chi connectivity index (χ1) is 21.5. The van der Waals surface area contributed by atoms with Crippen molar-refractivity contribution in [2.75, 3.05) is 17.2 Å². The molecule has 0 unspecified atom stereocenters. The number of hydrogen-bond donors (Lipinski definition) is 1. The number of anilines is 1. The molecule has 1 aliphatic heterocycles. The van der Waals surface area contributed by atoms with Crippen molar-refractivity contribution in [2.24, 2.45) is 0 Å².